The molecule has 0 radical (unpaired) electrons. The molecule has 206 valence electrons. The molecule has 1 aromatic carbocycles. The van der Waals surface area contributed by atoms with Gasteiger partial charge >= 0.3 is 11.9 Å². The summed E-state index contributed by atoms with van der Waals surface area (Å²) in [6, 6.07) is 8.81. The average molecular weight is 527 g/mol. The van der Waals surface area contributed by atoms with Crippen molar-refractivity contribution in [2.24, 2.45) is 29.6 Å². The molecule has 10 unspecified atom stereocenters. The molecule has 0 aromatic heterocycles. The van der Waals surface area contributed by atoms with Gasteiger partial charge in [0.15, 0.2) is 6.10 Å². The van der Waals surface area contributed by atoms with Crippen molar-refractivity contribution in [1.29, 1.82) is 0 Å². The Balaban J connectivity index is 1.57. The minimum absolute atomic E-state index is 0.173. The highest BCUT2D eigenvalue weighted by Gasteiger charge is 2.69. The van der Waals surface area contributed by atoms with Gasteiger partial charge in [-0.1, -0.05) is 50.3 Å². The first-order valence-corrected chi connectivity index (χ1v) is 13.5. The van der Waals surface area contributed by atoms with Crippen molar-refractivity contribution in [3.8, 4) is 0 Å². The fourth-order valence-corrected chi connectivity index (χ4v) is 7.27. The molecule has 1 aromatic rings. The molecule has 4 aliphatic rings. The lowest BCUT2D eigenvalue weighted by Gasteiger charge is -2.48. The second kappa shape index (κ2) is 10.2. The van der Waals surface area contributed by atoms with Gasteiger partial charge in [-0.05, 0) is 38.0 Å². The van der Waals surface area contributed by atoms with Gasteiger partial charge in [-0.15, -0.1) is 0 Å². The highest BCUT2D eigenvalue weighted by molar-refractivity contribution is 5.89. The number of hydrogen-bond donors (Lipinski definition) is 2. The van der Waals surface area contributed by atoms with E-state index in [1.165, 1.54) is 7.11 Å². The van der Waals surface area contributed by atoms with Crippen molar-refractivity contribution >= 4 is 11.9 Å². The molecule has 1 saturated heterocycles. The van der Waals surface area contributed by atoms with Crippen LogP contribution in [-0.4, -0.2) is 71.5 Å². The largest absolute Gasteiger partial charge is 0.457 e. The predicted octanol–water partition coefficient (Wildman–Crippen LogP) is 3.07. The molecule has 0 amide bonds. The number of aliphatic hydroxyl groups excluding tert-OH is 2. The molecule has 4 bridgehead atoms. The van der Waals surface area contributed by atoms with E-state index in [9.17, 15) is 19.8 Å². The van der Waals surface area contributed by atoms with E-state index >= 15 is 0 Å². The van der Waals surface area contributed by atoms with E-state index in [0.29, 0.717) is 5.56 Å². The Bertz CT molecular complexity index is 1110. The number of esters is 2. The van der Waals surface area contributed by atoms with Crippen molar-refractivity contribution in [3.63, 3.8) is 0 Å². The first-order valence-electron chi connectivity index (χ1n) is 13.5. The smallest absolute Gasteiger partial charge is 0.338 e. The average Bonchev–Trinajstić information content (AvgIpc) is 3.09. The summed E-state index contributed by atoms with van der Waals surface area (Å²) in [7, 11) is 1.47. The number of methoxy groups -OCH3 is 1. The third kappa shape index (κ3) is 4.22. The minimum Gasteiger partial charge on any atom is -0.457 e. The molecule has 2 N–H and O–H groups in total. The van der Waals surface area contributed by atoms with Crippen LogP contribution < -0.4 is 0 Å². The lowest BCUT2D eigenvalue weighted by atomic mass is 9.57. The molecular formula is C30H38O8. The van der Waals surface area contributed by atoms with Crippen LogP contribution in [0.3, 0.4) is 0 Å². The monoisotopic (exact) mass is 526 g/mol. The van der Waals surface area contributed by atoms with Gasteiger partial charge < -0.3 is 29.2 Å². The summed E-state index contributed by atoms with van der Waals surface area (Å²) in [5.41, 5.74) is 0.409. The molecule has 38 heavy (non-hydrogen) atoms. The summed E-state index contributed by atoms with van der Waals surface area (Å²) in [4.78, 5) is 26.1. The van der Waals surface area contributed by atoms with Crippen LogP contribution >= 0.6 is 0 Å². The molecule has 1 spiro atoms. The number of hydrogen-bond acceptors (Lipinski definition) is 8. The Morgan fingerprint density at radius 2 is 1.89 bits per heavy atom. The minimum atomic E-state index is -0.933. The third-order valence-electron chi connectivity index (χ3n) is 9.13. The molecule has 1 saturated carbocycles. The van der Waals surface area contributed by atoms with Crippen LogP contribution in [0.25, 0.3) is 0 Å². The zero-order chi connectivity index (χ0) is 27.4. The Morgan fingerprint density at radius 3 is 2.55 bits per heavy atom. The highest BCUT2D eigenvalue weighted by atomic mass is 16.6. The first-order chi connectivity index (χ1) is 18.1. The number of aliphatic hydroxyl groups is 2. The van der Waals surface area contributed by atoms with Crippen LogP contribution in [-0.2, 0) is 23.7 Å². The second-order valence-corrected chi connectivity index (χ2v) is 11.4. The second-order valence-electron chi connectivity index (χ2n) is 11.4. The number of benzene rings is 1. The van der Waals surface area contributed by atoms with Crippen molar-refractivity contribution in [1.82, 2.24) is 0 Å². The fourth-order valence-electron chi connectivity index (χ4n) is 7.27. The van der Waals surface area contributed by atoms with Gasteiger partial charge in [-0.3, -0.25) is 0 Å². The van der Waals surface area contributed by atoms with E-state index in [0.717, 1.165) is 5.57 Å². The summed E-state index contributed by atoms with van der Waals surface area (Å²) in [5.74, 6) is -2.44. The first kappa shape index (κ1) is 27.1. The molecule has 2 aliphatic carbocycles. The SMILES string of the molecule is COC1CC2C=CC3C4C(O)C(C)C(OC(=O)c5ccccc5)[C@H]3O[C@@]24/C(C)=C/C(C)C(C(C)O)OC1=O. The molecule has 12 atom stereocenters. The molecule has 2 fully saturated rings. The lowest BCUT2D eigenvalue weighted by Crippen LogP contribution is -2.57. The maximum atomic E-state index is 13.1. The van der Waals surface area contributed by atoms with E-state index < -0.39 is 54.2 Å². The maximum absolute atomic E-state index is 13.1. The Morgan fingerprint density at radius 1 is 1.18 bits per heavy atom. The third-order valence-corrected chi connectivity index (χ3v) is 9.13. The van der Waals surface area contributed by atoms with Crippen LogP contribution in [0.4, 0.5) is 0 Å². The summed E-state index contributed by atoms with van der Waals surface area (Å²) >= 11 is 0. The van der Waals surface area contributed by atoms with Crippen LogP contribution in [0, 0.1) is 29.6 Å². The number of carbonyl (C=O) groups excluding carboxylic acids is 2. The van der Waals surface area contributed by atoms with Gasteiger partial charge in [0.25, 0.3) is 0 Å². The maximum Gasteiger partial charge on any atom is 0.338 e. The Labute approximate surface area is 223 Å². The number of ether oxygens (including phenoxy) is 4. The molecule has 8 heteroatoms. The predicted molar refractivity (Wildman–Crippen MR) is 138 cm³/mol. The Hall–Kier alpha value is -2.52. The highest BCUT2D eigenvalue weighted by Crippen LogP contribution is 2.61. The Kier molecular flexibility index (Phi) is 7.28. The molecule has 5 rings (SSSR count). The van der Waals surface area contributed by atoms with Gasteiger partial charge in [-0.2, -0.15) is 0 Å². The number of rotatable bonds is 4. The van der Waals surface area contributed by atoms with Gasteiger partial charge in [0.05, 0.1) is 17.8 Å². The van der Waals surface area contributed by atoms with Crippen molar-refractivity contribution in [2.45, 2.75) is 76.3 Å². The summed E-state index contributed by atoms with van der Waals surface area (Å²) in [6.45, 7) is 7.37. The number of carbonyl (C=O) groups is 2. The summed E-state index contributed by atoms with van der Waals surface area (Å²) in [5, 5.41) is 22.2. The van der Waals surface area contributed by atoms with E-state index in [1.807, 2.05) is 39.0 Å². The van der Waals surface area contributed by atoms with E-state index in [2.05, 4.69) is 6.08 Å². The van der Waals surface area contributed by atoms with Crippen LogP contribution in [0.15, 0.2) is 54.1 Å². The number of cyclic esters (lactones) is 1. The fraction of sp³-hybridized carbons (Fsp3) is 0.600. The van der Waals surface area contributed by atoms with Gasteiger partial charge in [0.2, 0.25) is 0 Å². The lowest BCUT2D eigenvalue weighted by molar-refractivity contribution is -0.172. The molecule has 2 aliphatic heterocycles. The normalized spacial score (nSPS) is 44.3. The molecule has 8 nitrogen and oxygen atoms in total. The van der Waals surface area contributed by atoms with Crippen LogP contribution in [0.2, 0.25) is 0 Å². The zero-order valence-electron chi connectivity index (χ0n) is 22.5. The zero-order valence-corrected chi connectivity index (χ0v) is 22.5. The summed E-state index contributed by atoms with van der Waals surface area (Å²) in [6.07, 6.45) is 1.90. The summed E-state index contributed by atoms with van der Waals surface area (Å²) < 4.78 is 24.3. The van der Waals surface area contributed by atoms with Gasteiger partial charge in [0.1, 0.15) is 23.9 Å². The van der Waals surface area contributed by atoms with Crippen molar-refractivity contribution < 1.29 is 38.7 Å². The quantitative estimate of drug-likeness (QED) is 0.455. The van der Waals surface area contributed by atoms with Crippen LogP contribution in [0.5, 0.6) is 0 Å². The van der Waals surface area contributed by atoms with Gasteiger partial charge in [0, 0.05) is 36.7 Å². The van der Waals surface area contributed by atoms with Gasteiger partial charge in [-0.25, -0.2) is 9.59 Å². The van der Waals surface area contributed by atoms with E-state index in [-0.39, 0.29) is 36.0 Å². The van der Waals surface area contributed by atoms with Crippen molar-refractivity contribution in [3.05, 3.63) is 59.7 Å². The topological polar surface area (TPSA) is 112 Å². The van der Waals surface area contributed by atoms with E-state index in [4.69, 9.17) is 18.9 Å². The van der Waals surface area contributed by atoms with Crippen molar-refractivity contribution in [2.75, 3.05) is 7.11 Å². The van der Waals surface area contributed by atoms with E-state index in [1.54, 1.807) is 31.2 Å². The van der Waals surface area contributed by atoms with Crippen LogP contribution in [0.1, 0.15) is 44.5 Å². The molecular weight excluding hydrogens is 488 g/mol. The standard InChI is InChI=1S/C30H38O8/c1-15-13-16(2)30-20(14-22(35-5)29(34)36-25(15)18(4)31)11-12-21-23(30)24(32)17(3)26(27(21)38-30)37-28(33)19-9-7-6-8-10-19/h6-13,15,17-18,20-27,31-32H,14H2,1-5H3/b16-13+/t15?,17?,18?,20?,21?,22?,23?,24?,25?,26?,27-,30-/m0/s1. The molecule has 2 heterocycles.